The van der Waals surface area contributed by atoms with E-state index in [1.165, 1.54) is 15.8 Å². The number of ether oxygens (including phenoxy) is 1. The van der Waals surface area contributed by atoms with E-state index in [0.29, 0.717) is 12.0 Å². The second kappa shape index (κ2) is 8.52. The topological polar surface area (TPSA) is 107 Å². The summed E-state index contributed by atoms with van der Waals surface area (Å²) in [5.41, 5.74) is 2.05. The maximum atomic E-state index is 14.4. The molecule has 162 valence electrons. The van der Waals surface area contributed by atoms with Crippen molar-refractivity contribution < 1.29 is 30.8 Å². The Balaban J connectivity index is 1.75. The van der Waals surface area contributed by atoms with Gasteiger partial charge in [-0.2, -0.15) is 8.42 Å². The highest BCUT2D eigenvalue weighted by molar-refractivity contribution is 8.66. The lowest BCUT2D eigenvalue weighted by atomic mass is 9.92. The molecule has 2 aromatic carbocycles. The molecular formula is C19H19ClFNO6S2. The maximum absolute atomic E-state index is 14.4. The third-order valence-corrected chi connectivity index (χ3v) is 8.94. The summed E-state index contributed by atoms with van der Waals surface area (Å²) >= 11 is 6.09. The Morgan fingerprint density at radius 1 is 1.10 bits per heavy atom. The summed E-state index contributed by atoms with van der Waals surface area (Å²) in [6, 6.07) is 7.64. The van der Waals surface area contributed by atoms with E-state index < -0.39 is 35.2 Å². The Labute approximate surface area is 178 Å². The van der Waals surface area contributed by atoms with Crippen molar-refractivity contribution in [3.8, 4) is 5.75 Å². The summed E-state index contributed by atoms with van der Waals surface area (Å²) < 4.78 is 66.9. The molecule has 0 atom stereocenters. The fraction of sp³-hybridized carbons (Fsp3) is 0.316. The van der Waals surface area contributed by atoms with Crippen LogP contribution < -0.4 is 9.46 Å². The Kier molecular flexibility index (Phi) is 6.40. The molecule has 1 N–H and O–H groups in total. The van der Waals surface area contributed by atoms with Crippen molar-refractivity contribution in [1.29, 1.82) is 0 Å². The maximum Gasteiger partial charge on any atom is 0.341 e. The normalized spacial score (nSPS) is 14.1. The summed E-state index contributed by atoms with van der Waals surface area (Å²) in [6.07, 6.45) is 4.69. The molecule has 0 heterocycles. The Hall–Kier alpha value is -2.17. The van der Waals surface area contributed by atoms with Gasteiger partial charge in [0.05, 0.1) is 11.8 Å². The first-order valence-corrected chi connectivity index (χ1v) is 13.2. The summed E-state index contributed by atoms with van der Waals surface area (Å²) in [6.45, 7) is -0.0714. The second-order valence-electron chi connectivity index (χ2n) is 6.94. The summed E-state index contributed by atoms with van der Waals surface area (Å²) in [4.78, 5) is 12.0. The molecule has 30 heavy (non-hydrogen) atoms. The van der Waals surface area contributed by atoms with Crippen LogP contribution in [0.2, 0.25) is 5.02 Å². The molecule has 2 aromatic rings. The first-order valence-electron chi connectivity index (χ1n) is 8.97. The molecule has 11 heteroatoms. The quantitative estimate of drug-likeness (QED) is 0.644. The number of carbonyl (C=O) groups is 1. The molecule has 0 aromatic heterocycles. The number of halogens is 2. The molecule has 0 fully saturated rings. The van der Waals surface area contributed by atoms with E-state index in [1.807, 2.05) is 18.2 Å². The van der Waals surface area contributed by atoms with Crippen molar-refractivity contribution in [3.05, 3.63) is 63.4 Å². The van der Waals surface area contributed by atoms with Gasteiger partial charge in [0.2, 0.25) is 0 Å². The van der Waals surface area contributed by atoms with Crippen LogP contribution in [0.15, 0.2) is 30.3 Å². The molecule has 0 aliphatic heterocycles. The molecule has 7 nitrogen and oxygen atoms in total. The van der Waals surface area contributed by atoms with Gasteiger partial charge in [-0.15, -0.1) is 0 Å². The number of benzene rings is 2. The minimum atomic E-state index is -5.00. The first-order chi connectivity index (χ1) is 14.0. The monoisotopic (exact) mass is 475 g/mol. The summed E-state index contributed by atoms with van der Waals surface area (Å²) in [5, 5.41) is -0.0312. The molecule has 0 spiro atoms. The van der Waals surface area contributed by atoms with Crippen LogP contribution in [-0.2, 0) is 37.4 Å². The van der Waals surface area contributed by atoms with Crippen LogP contribution in [0.3, 0.4) is 0 Å². The van der Waals surface area contributed by atoms with Crippen LogP contribution in [0.5, 0.6) is 5.75 Å². The Morgan fingerprint density at radius 3 is 2.43 bits per heavy atom. The van der Waals surface area contributed by atoms with Gasteiger partial charge in [-0.3, -0.25) is 4.79 Å². The predicted molar refractivity (Wildman–Crippen MR) is 110 cm³/mol. The van der Waals surface area contributed by atoms with E-state index in [9.17, 15) is 26.0 Å². The third-order valence-electron chi connectivity index (χ3n) is 4.71. The van der Waals surface area contributed by atoms with Gasteiger partial charge in [0.15, 0.2) is 0 Å². The van der Waals surface area contributed by atoms with Crippen molar-refractivity contribution in [3.63, 3.8) is 0 Å². The van der Waals surface area contributed by atoms with E-state index in [-0.39, 0.29) is 17.2 Å². The van der Waals surface area contributed by atoms with E-state index >= 15 is 0 Å². The van der Waals surface area contributed by atoms with Gasteiger partial charge in [0, 0.05) is 10.6 Å². The number of amides is 1. The van der Waals surface area contributed by atoms with Crippen molar-refractivity contribution in [2.75, 3.05) is 6.26 Å². The number of rotatable bonds is 6. The molecule has 0 bridgehead atoms. The molecule has 0 radical (unpaired) electrons. The fourth-order valence-corrected chi connectivity index (χ4v) is 4.47. The van der Waals surface area contributed by atoms with Gasteiger partial charge < -0.3 is 4.74 Å². The van der Waals surface area contributed by atoms with Crippen molar-refractivity contribution >= 4 is 35.4 Å². The predicted octanol–water partition coefficient (Wildman–Crippen LogP) is 2.96. The molecule has 0 unspecified atom stereocenters. The first kappa shape index (κ1) is 22.5. The van der Waals surface area contributed by atoms with E-state index in [0.717, 1.165) is 37.8 Å². The Bertz CT molecular complexity index is 1210. The minimum absolute atomic E-state index is 0.0312. The van der Waals surface area contributed by atoms with Crippen LogP contribution in [0.1, 0.15) is 39.9 Å². The number of nitrogens with one attached hydrogen (secondary N) is 1. The van der Waals surface area contributed by atoms with Crippen LogP contribution in [0.4, 0.5) is 4.39 Å². The van der Waals surface area contributed by atoms with Crippen LogP contribution in [-0.4, -0.2) is 29.0 Å². The molecule has 0 saturated heterocycles. The lowest BCUT2D eigenvalue weighted by Crippen LogP contribution is -2.35. The smallest absolute Gasteiger partial charge is 0.341 e. The highest BCUT2D eigenvalue weighted by Gasteiger charge is 2.28. The minimum Gasteiger partial charge on any atom is -0.489 e. The van der Waals surface area contributed by atoms with Gasteiger partial charge in [-0.05, 0) is 61.1 Å². The standard InChI is InChI=1S/C19H19ClFNO6S2/c1-29(24,25)30(26,27)22-19(23)16-10-17(20)14(9-18(16)21)11-28-15-7-6-12-4-2-3-5-13(12)8-15/h6-10H,2-5,11H2,1H3,(H,22,23). The average molecular weight is 476 g/mol. The van der Waals surface area contributed by atoms with Gasteiger partial charge in [0.1, 0.15) is 18.2 Å². The average Bonchev–Trinajstić information content (AvgIpc) is 2.66. The van der Waals surface area contributed by atoms with Crippen molar-refractivity contribution in [2.24, 2.45) is 0 Å². The summed E-state index contributed by atoms with van der Waals surface area (Å²) in [7, 11) is -9.62. The zero-order chi connectivity index (χ0) is 22.1. The number of aryl methyl sites for hydroxylation is 2. The number of hydrogen-bond donors (Lipinski definition) is 1. The SMILES string of the molecule is CS(=O)(=O)S(=O)(=O)NC(=O)c1cc(Cl)c(COc2ccc3c(c2)CCCC3)cc1F. The molecule has 1 aliphatic rings. The zero-order valence-corrected chi connectivity index (χ0v) is 18.3. The largest absolute Gasteiger partial charge is 0.489 e. The van der Waals surface area contributed by atoms with Crippen LogP contribution in [0.25, 0.3) is 0 Å². The lowest BCUT2D eigenvalue weighted by Gasteiger charge is -2.17. The Morgan fingerprint density at radius 2 is 1.77 bits per heavy atom. The fourth-order valence-electron chi connectivity index (χ4n) is 3.08. The van der Waals surface area contributed by atoms with Gasteiger partial charge >= 0.3 is 9.06 Å². The van der Waals surface area contributed by atoms with Gasteiger partial charge in [-0.25, -0.2) is 17.5 Å². The second-order valence-corrected chi connectivity index (χ2v) is 13.0. The molecule has 3 rings (SSSR count). The van der Waals surface area contributed by atoms with E-state index in [4.69, 9.17) is 16.3 Å². The number of carbonyl (C=O) groups excluding carboxylic acids is 1. The third kappa shape index (κ3) is 4.93. The van der Waals surface area contributed by atoms with Crippen molar-refractivity contribution in [2.45, 2.75) is 32.3 Å². The zero-order valence-electron chi connectivity index (χ0n) is 15.9. The number of hydrogen-bond acceptors (Lipinski definition) is 6. The molecular weight excluding hydrogens is 457 g/mol. The highest BCUT2D eigenvalue weighted by Crippen LogP contribution is 2.27. The van der Waals surface area contributed by atoms with Crippen molar-refractivity contribution in [1.82, 2.24) is 4.72 Å². The van der Waals surface area contributed by atoms with Crippen LogP contribution in [0, 0.1) is 5.82 Å². The van der Waals surface area contributed by atoms with E-state index in [2.05, 4.69) is 0 Å². The van der Waals surface area contributed by atoms with Gasteiger partial charge in [0.25, 0.3) is 14.8 Å². The van der Waals surface area contributed by atoms with Crippen LogP contribution >= 0.6 is 11.6 Å². The number of fused-ring (bicyclic) bond motifs is 1. The summed E-state index contributed by atoms with van der Waals surface area (Å²) in [5.74, 6) is -1.90. The molecule has 0 saturated carbocycles. The molecule has 1 amide bonds. The lowest BCUT2D eigenvalue weighted by molar-refractivity contribution is 0.0978. The highest BCUT2D eigenvalue weighted by atomic mass is 35.5. The molecule has 1 aliphatic carbocycles. The van der Waals surface area contributed by atoms with Gasteiger partial charge in [-0.1, -0.05) is 17.7 Å². The van der Waals surface area contributed by atoms with E-state index in [1.54, 1.807) is 0 Å².